The van der Waals surface area contributed by atoms with E-state index in [0.29, 0.717) is 24.0 Å². The van der Waals surface area contributed by atoms with E-state index >= 15 is 0 Å². The van der Waals surface area contributed by atoms with Gasteiger partial charge in [-0.15, -0.1) is 0 Å². The minimum atomic E-state index is -0.424. The van der Waals surface area contributed by atoms with Gasteiger partial charge in [-0.25, -0.2) is 4.39 Å². The van der Waals surface area contributed by atoms with Crippen molar-refractivity contribution in [1.82, 2.24) is 4.90 Å². The molecule has 3 nitrogen and oxygen atoms in total. The van der Waals surface area contributed by atoms with Gasteiger partial charge in [0, 0.05) is 29.7 Å². The molecular formula is C15H20ClFN2O. The average Bonchev–Trinajstić information content (AvgIpc) is 2.43. The number of nitrogens with two attached hydrogens (primary N) is 1. The Kier molecular flexibility index (Phi) is 5.00. The van der Waals surface area contributed by atoms with E-state index in [-0.39, 0.29) is 23.9 Å². The molecule has 1 heterocycles. The summed E-state index contributed by atoms with van der Waals surface area (Å²) in [7, 11) is 0. The number of likely N-dealkylation sites (tertiary alicyclic amines) is 1. The Morgan fingerprint density at radius 2 is 2.35 bits per heavy atom. The number of rotatable bonds is 3. The number of hydrogen-bond donors (Lipinski definition) is 1. The molecule has 2 N–H and O–H groups in total. The molecule has 2 unspecified atom stereocenters. The van der Waals surface area contributed by atoms with Crippen LogP contribution in [-0.2, 0) is 11.2 Å². The zero-order chi connectivity index (χ0) is 14.7. The third kappa shape index (κ3) is 3.49. The van der Waals surface area contributed by atoms with Gasteiger partial charge in [0.1, 0.15) is 5.82 Å². The van der Waals surface area contributed by atoms with E-state index in [1.165, 1.54) is 6.07 Å². The maximum absolute atomic E-state index is 13.7. The minimum Gasteiger partial charge on any atom is -0.342 e. The van der Waals surface area contributed by atoms with Crippen molar-refractivity contribution in [2.24, 2.45) is 11.7 Å². The molecule has 1 aromatic rings. The van der Waals surface area contributed by atoms with Crippen LogP contribution >= 0.6 is 11.6 Å². The third-order valence-corrected chi connectivity index (χ3v) is 4.30. The smallest absolute Gasteiger partial charge is 0.227 e. The summed E-state index contributed by atoms with van der Waals surface area (Å²) in [5.41, 5.74) is 6.19. The first kappa shape index (κ1) is 15.3. The molecule has 5 heteroatoms. The lowest BCUT2D eigenvalue weighted by Crippen LogP contribution is -2.45. The lowest BCUT2D eigenvalue weighted by Gasteiger charge is -2.34. The molecular weight excluding hydrogens is 279 g/mol. The zero-order valence-electron chi connectivity index (χ0n) is 11.6. The summed E-state index contributed by atoms with van der Waals surface area (Å²) in [6.45, 7) is 3.34. The van der Waals surface area contributed by atoms with E-state index in [0.717, 1.165) is 12.8 Å². The molecule has 1 saturated heterocycles. The molecule has 2 atom stereocenters. The zero-order valence-corrected chi connectivity index (χ0v) is 12.4. The Bertz CT molecular complexity index is 473. The van der Waals surface area contributed by atoms with Crippen LogP contribution in [0.4, 0.5) is 4.39 Å². The predicted molar refractivity (Wildman–Crippen MR) is 78.1 cm³/mol. The molecule has 1 amide bonds. The van der Waals surface area contributed by atoms with E-state index in [4.69, 9.17) is 17.3 Å². The van der Waals surface area contributed by atoms with Crippen molar-refractivity contribution in [3.05, 3.63) is 34.6 Å². The third-order valence-electron chi connectivity index (χ3n) is 3.94. The van der Waals surface area contributed by atoms with Crippen molar-refractivity contribution in [3.63, 3.8) is 0 Å². The van der Waals surface area contributed by atoms with Crippen LogP contribution in [0, 0.1) is 11.7 Å². The Hall–Kier alpha value is -1.13. The number of benzene rings is 1. The summed E-state index contributed by atoms with van der Waals surface area (Å²) < 4.78 is 13.7. The molecule has 2 rings (SSSR count). The minimum absolute atomic E-state index is 0.0111. The molecule has 0 radical (unpaired) electrons. The standard InChI is InChI=1S/C15H20ClFN2O/c1-10(18)11-4-3-7-19(9-11)15(20)8-12-13(16)5-2-6-14(12)17/h2,5-6,10-11H,3-4,7-9,18H2,1H3. The van der Waals surface area contributed by atoms with Gasteiger partial charge in [-0.3, -0.25) is 4.79 Å². The van der Waals surface area contributed by atoms with Gasteiger partial charge < -0.3 is 10.6 Å². The van der Waals surface area contributed by atoms with Crippen molar-refractivity contribution in [1.29, 1.82) is 0 Å². The lowest BCUT2D eigenvalue weighted by molar-refractivity contribution is -0.132. The maximum atomic E-state index is 13.7. The van der Waals surface area contributed by atoms with Gasteiger partial charge in [-0.05, 0) is 37.8 Å². The van der Waals surface area contributed by atoms with E-state index < -0.39 is 5.82 Å². The number of amides is 1. The van der Waals surface area contributed by atoms with Crippen LogP contribution in [0.15, 0.2) is 18.2 Å². The van der Waals surface area contributed by atoms with Crippen LogP contribution < -0.4 is 5.73 Å². The Morgan fingerprint density at radius 3 is 3.00 bits per heavy atom. The highest BCUT2D eigenvalue weighted by Crippen LogP contribution is 2.23. The SMILES string of the molecule is CC(N)C1CCCN(C(=O)Cc2c(F)cccc2Cl)C1. The summed E-state index contributed by atoms with van der Waals surface area (Å²) in [6, 6.07) is 4.55. The van der Waals surface area contributed by atoms with E-state index in [1.54, 1.807) is 17.0 Å². The summed E-state index contributed by atoms with van der Waals surface area (Å²) in [4.78, 5) is 14.1. The van der Waals surface area contributed by atoms with Crippen LogP contribution in [0.3, 0.4) is 0 Å². The first-order valence-electron chi connectivity index (χ1n) is 6.95. The number of hydrogen-bond acceptors (Lipinski definition) is 2. The molecule has 0 saturated carbocycles. The predicted octanol–water partition coefficient (Wildman–Crippen LogP) is 2.61. The van der Waals surface area contributed by atoms with E-state index in [2.05, 4.69) is 0 Å². The number of carbonyl (C=O) groups excluding carboxylic acids is 1. The van der Waals surface area contributed by atoms with Gasteiger partial charge in [0.05, 0.1) is 6.42 Å². The molecule has 20 heavy (non-hydrogen) atoms. The molecule has 1 aliphatic rings. The van der Waals surface area contributed by atoms with Crippen molar-refractivity contribution < 1.29 is 9.18 Å². The van der Waals surface area contributed by atoms with E-state index in [9.17, 15) is 9.18 Å². The average molecular weight is 299 g/mol. The number of piperidine rings is 1. The second-order valence-corrected chi connectivity index (χ2v) is 5.89. The van der Waals surface area contributed by atoms with Crippen LogP contribution in [0.2, 0.25) is 5.02 Å². The number of nitrogens with zero attached hydrogens (tertiary/aromatic N) is 1. The number of carbonyl (C=O) groups is 1. The normalized spacial score (nSPS) is 20.8. The molecule has 0 bridgehead atoms. The van der Waals surface area contributed by atoms with Crippen molar-refractivity contribution in [2.45, 2.75) is 32.2 Å². The van der Waals surface area contributed by atoms with Crippen LogP contribution in [0.1, 0.15) is 25.3 Å². The highest BCUT2D eigenvalue weighted by Gasteiger charge is 2.26. The molecule has 1 aromatic carbocycles. The Morgan fingerprint density at radius 1 is 1.60 bits per heavy atom. The van der Waals surface area contributed by atoms with Gasteiger partial charge in [0.2, 0.25) is 5.91 Å². The topological polar surface area (TPSA) is 46.3 Å². The van der Waals surface area contributed by atoms with Crippen LogP contribution in [0.25, 0.3) is 0 Å². The van der Waals surface area contributed by atoms with Crippen molar-refractivity contribution in [2.75, 3.05) is 13.1 Å². The molecule has 0 aromatic heterocycles. The van der Waals surface area contributed by atoms with Crippen molar-refractivity contribution >= 4 is 17.5 Å². The first-order chi connectivity index (χ1) is 9.49. The largest absolute Gasteiger partial charge is 0.342 e. The first-order valence-corrected chi connectivity index (χ1v) is 7.33. The van der Waals surface area contributed by atoms with E-state index in [1.807, 2.05) is 6.92 Å². The van der Waals surface area contributed by atoms with Gasteiger partial charge in [-0.2, -0.15) is 0 Å². The Labute approximate surface area is 123 Å². The van der Waals surface area contributed by atoms with Gasteiger partial charge >= 0.3 is 0 Å². The summed E-state index contributed by atoms with van der Waals surface area (Å²) in [6.07, 6.45) is 2.00. The molecule has 1 fully saturated rings. The molecule has 110 valence electrons. The monoisotopic (exact) mass is 298 g/mol. The summed E-state index contributed by atoms with van der Waals surface area (Å²) >= 11 is 5.96. The second kappa shape index (κ2) is 6.55. The fourth-order valence-electron chi connectivity index (χ4n) is 2.63. The number of halogens is 2. The van der Waals surface area contributed by atoms with Gasteiger partial charge in [0.15, 0.2) is 0 Å². The fraction of sp³-hybridized carbons (Fsp3) is 0.533. The highest BCUT2D eigenvalue weighted by molar-refractivity contribution is 6.31. The fourth-order valence-corrected chi connectivity index (χ4v) is 2.86. The summed E-state index contributed by atoms with van der Waals surface area (Å²) in [5, 5.41) is 0.305. The van der Waals surface area contributed by atoms with Gasteiger partial charge in [-0.1, -0.05) is 17.7 Å². The van der Waals surface area contributed by atoms with Crippen LogP contribution in [-0.4, -0.2) is 29.9 Å². The molecule has 0 aliphatic carbocycles. The summed E-state index contributed by atoms with van der Waals surface area (Å²) in [5.74, 6) is -0.183. The Balaban J connectivity index is 2.05. The quantitative estimate of drug-likeness (QED) is 0.932. The lowest BCUT2D eigenvalue weighted by atomic mass is 9.92. The maximum Gasteiger partial charge on any atom is 0.227 e. The molecule has 1 aliphatic heterocycles. The van der Waals surface area contributed by atoms with Crippen LogP contribution in [0.5, 0.6) is 0 Å². The second-order valence-electron chi connectivity index (χ2n) is 5.48. The van der Waals surface area contributed by atoms with Gasteiger partial charge in [0.25, 0.3) is 0 Å². The highest BCUT2D eigenvalue weighted by atomic mass is 35.5. The van der Waals surface area contributed by atoms with Crippen molar-refractivity contribution in [3.8, 4) is 0 Å². The molecule has 0 spiro atoms.